The summed E-state index contributed by atoms with van der Waals surface area (Å²) in [4.78, 5) is 20.3. The third kappa shape index (κ3) is 3.30. The molecule has 2 N–H and O–H groups in total. The van der Waals surface area contributed by atoms with Crippen molar-refractivity contribution in [2.24, 2.45) is 0 Å². The first-order chi connectivity index (χ1) is 13.5. The minimum Gasteiger partial charge on any atom is -0.343 e. The summed E-state index contributed by atoms with van der Waals surface area (Å²) in [6.45, 7) is 0.275. The van der Waals surface area contributed by atoms with Crippen molar-refractivity contribution in [1.82, 2.24) is 25.1 Å². The van der Waals surface area contributed by atoms with E-state index in [-0.39, 0.29) is 30.0 Å². The van der Waals surface area contributed by atoms with E-state index < -0.39 is 9.84 Å². The second kappa shape index (κ2) is 6.44. The number of para-hydroxylation sites is 2. The SMILES string of the molecule is O=C(NCc1nc2ccccc2[nH]1)c1cc(C2CC2)n(C2CCS(=O)(=O)C2)n1. The number of benzene rings is 1. The van der Waals surface area contributed by atoms with E-state index in [0.29, 0.717) is 23.9 Å². The van der Waals surface area contributed by atoms with Crippen LogP contribution in [-0.4, -0.2) is 45.6 Å². The number of hydrogen-bond acceptors (Lipinski definition) is 5. The molecule has 1 saturated carbocycles. The van der Waals surface area contributed by atoms with Crippen LogP contribution < -0.4 is 5.32 Å². The fourth-order valence-electron chi connectivity index (χ4n) is 3.81. The Morgan fingerprint density at radius 2 is 2.07 bits per heavy atom. The molecule has 1 aliphatic carbocycles. The zero-order chi connectivity index (χ0) is 19.3. The maximum Gasteiger partial charge on any atom is 0.272 e. The van der Waals surface area contributed by atoms with E-state index in [0.717, 1.165) is 29.6 Å². The van der Waals surface area contributed by atoms with Crippen LogP contribution in [0.15, 0.2) is 30.3 Å². The van der Waals surface area contributed by atoms with Crippen LogP contribution in [0.3, 0.4) is 0 Å². The Labute approximate surface area is 162 Å². The molecule has 1 unspecified atom stereocenters. The van der Waals surface area contributed by atoms with Crippen LogP contribution in [-0.2, 0) is 16.4 Å². The lowest BCUT2D eigenvalue weighted by atomic mass is 10.2. The molecule has 0 spiro atoms. The van der Waals surface area contributed by atoms with Gasteiger partial charge in [0.1, 0.15) is 11.5 Å². The van der Waals surface area contributed by atoms with Crippen LogP contribution in [0.1, 0.15) is 53.2 Å². The average Bonchev–Trinajstić information content (AvgIpc) is 3.13. The second-order valence-corrected chi connectivity index (χ2v) is 9.84. The van der Waals surface area contributed by atoms with E-state index in [1.54, 1.807) is 4.68 Å². The third-order valence-corrected chi connectivity index (χ3v) is 7.15. The number of carbonyl (C=O) groups is 1. The Kier molecular flexibility index (Phi) is 4.01. The van der Waals surface area contributed by atoms with Crippen LogP contribution in [0.5, 0.6) is 0 Å². The van der Waals surface area contributed by atoms with Crippen molar-refractivity contribution in [1.29, 1.82) is 0 Å². The summed E-state index contributed by atoms with van der Waals surface area (Å²) in [5.74, 6) is 1.08. The molecule has 5 rings (SSSR count). The predicted octanol–water partition coefficient (Wildman–Crippen LogP) is 1.93. The van der Waals surface area contributed by atoms with E-state index in [1.807, 2.05) is 30.3 Å². The molecule has 1 atom stereocenters. The molecule has 0 bridgehead atoms. The molecule has 146 valence electrons. The Morgan fingerprint density at radius 1 is 1.25 bits per heavy atom. The number of aromatic amines is 1. The van der Waals surface area contributed by atoms with Gasteiger partial charge in [0.2, 0.25) is 0 Å². The molecule has 1 saturated heterocycles. The molecule has 2 aliphatic rings. The van der Waals surface area contributed by atoms with Crippen molar-refractivity contribution in [3.8, 4) is 0 Å². The van der Waals surface area contributed by atoms with Crippen LogP contribution >= 0.6 is 0 Å². The zero-order valence-electron chi connectivity index (χ0n) is 15.3. The average molecular weight is 399 g/mol. The van der Waals surface area contributed by atoms with E-state index in [2.05, 4.69) is 20.4 Å². The van der Waals surface area contributed by atoms with Gasteiger partial charge in [-0.15, -0.1) is 0 Å². The van der Waals surface area contributed by atoms with Crippen LogP contribution in [0.2, 0.25) is 0 Å². The fraction of sp³-hybridized carbons (Fsp3) is 0.421. The number of nitrogens with one attached hydrogen (secondary N) is 2. The highest BCUT2D eigenvalue weighted by molar-refractivity contribution is 7.91. The molecule has 3 aromatic rings. The van der Waals surface area contributed by atoms with Gasteiger partial charge in [0.25, 0.3) is 5.91 Å². The Balaban J connectivity index is 1.34. The Morgan fingerprint density at radius 3 is 2.79 bits per heavy atom. The minimum atomic E-state index is -3.01. The molecule has 28 heavy (non-hydrogen) atoms. The lowest BCUT2D eigenvalue weighted by Crippen LogP contribution is -2.24. The first kappa shape index (κ1) is 17.4. The van der Waals surface area contributed by atoms with Crippen LogP contribution in [0.4, 0.5) is 0 Å². The molecule has 1 amide bonds. The number of H-pyrrole nitrogens is 1. The monoisotopic (exact) mass is 399 g/mol. The van der Waals surface area contributed by atoms with Gasteiger partial charge in [-0.3, -0.25) is 9.48 Å². The topological polar surface area (TPSA) is 110 Å². The molecule has 3 heterocycles. The summed E-state index contributed by atoms with van der Waals surface area (Å²) in [6, 6.07) is 9.34. The number of carbonyl (C=O) groups excluding carboxylic acids is 1. The first-order valence-corrected chi connectivity index (χ1v) is 11.3. The standard InChI is InChI=1S/C19H21N5O3S/c25-19(20-10-18-21-14-3-1-2-4-15(14)22-18)16-9-17(12-5-6-12)24(23-16)13-7-8-28(26,27)11-13/h1-4,9,12-13H,5-8,10-11H2,(H,20,25)(H,21,22). The van der Waals surface area contributed by atoms with Gasteiger partial charge in [-0.1, -0.05) is 12.1 Å². The maximum atomic E-state index is 12.6. The highest BCUT2D eigenvalue weighted by Gasteiger charge is 2.36. The maximum absolute atomic E-state index is 12.6. The zero-order valence-corrected chi connectivity index (χ0v) is 16.1. The van der Waals surface area contributed by atoms with Gasteiger partial charge in [0, 0.05) is 11.6 Å². The van der Waals surface area contributed by atoms with Gasteiger partial charge in [0.15, 0.2) is 9.84 Å². The van der Waals surface area contributed by atoms with E-state index in [4.69, 9.17) is 0 Å². The number of fused-ring (bicyclic) bond motifs is 1. The summed E-state index contributed by atoms with van der Waals surface area (Å²) < 4.78 is 25.5. The van der Waals surface area contributed by atoms with Crippen LogP contribution in [0.25, 0.3) is 11.0 Å². The van der Waals surface area contributed by atoms with Crippen molar-refractivity contribution < 1.29 is 13.2 Å². The molecule has 8 nitrogen and oxygen atoms in total. The summed E-state index contributed by atoms with van der Waals surface area (Å²) >= 11 is 0. The van der Waals surface area contributed by atoms with Gasteiger partial charge in [-0.25, -0.2) is 13.4 Å². The lowest BCUT2D eigenvalue weighted by molar-refractivity contribution is 0.0944. The second-order valence-electron chi connectivity index (χ2n) is 7.61. The predicted molar refractivity (Wildman–Crippen MR) is 104 cm³/mol. The van der Waals surface area contributed by atoms with E-state index >= 15 is 0 Å². The fourth-order valence-corrected chi connectivity index (χ4v) is 5.50. The van der Waals surface area contributed by atoms with E-state index in [9.17, 15) is 13.2 Å². The number of imidazole rings is 1. The highest BCUT2D eigenvalue weighted by atomic mass is 32.2. The van der Waals surface area contributed by atoms with Gasteiger partial charge < -0.3 is 10.3 Å². The molecule has 2 aromatic heterocycles. The summed E-state index contributed by atoms with van der Waals surface area (Å²) in [7, 11) is -3.01. The molecule has 1 aromatic carbocycles. The number of sulfone groups is 1. The van der Waals surface area contributed by atoms with Gasteiger partial charge in [-0.05, 0) is 37.5 Å². The number of rotatable bonds is 5. The summed E-state index contributed by atoms with van der Waals surface area (Å²) in [5, 5.41) is 7.34. The van der Waals surface area contributed by atoms with Gasteiger partial charge in [0.05, 0.1) is 35.1 Å². The van der Waals surface area contributed by atoms with Crippen molar-refractivity contribution in [2.45, 2.75) is 37.8 Å². The molecular weight excluding hydrogens is 378 g/mol. The van der Waals surface area contributed by atoms with E-state index in [1.165, 1.54) is 0 Å². The molecular formula is C19H21N5O3S. The van der Waals surface area contributed by atoms with Crippen molar-refractivity contribution in [3.05, 3.63) is 47.5 Å². The largest absolute Gasteiger partial charge is 0.343 e. The Bertz CT molecular complexity index is 1130. The molecule has 0 radical (unpaired) electrons. The Hall–Kier alpha value is -2.68. The summed E-state index contributed by atoms with van der Waals surface area (Å²) in [5.41, 5.74) is 3.10. The van der Waals surface area contributed by atoms with Gasteiger partial charge >= 0.3 is 0 Å². The molecule has 2 fully saturated rings. The smallest absolute Gasteiger partial charge is 0.272 e. The normalized spacial score (nSPS) is 21.2. The van der Waals surface area contributed by atoms with Crippen molar-refractivity contribution >= 4 is 26.8 Å². The van der Waals surface area contributed by atoms with Crippen molar-refractivity contribution in [3.63, 3.8) is 0 Å². The number of aromatic nitrogens is 4. The highest BCUT2D eigenvalue weighted by Crippen LogP contribution is 2.42. The minimum absolute atomic E-state index is 0.106. The summed E-state index contributed by atoms with van der Waals surface area (Å²) in [6.07, 6.45) is 2.68. The quantitative estimate of drug-likeness (QED) is 0.681. The molecule has 1 aliphatic heterocycles. The lowest BCUT2D eigenvalue weighted by Gasteiger charge is -2.12. The number of amides is 1. The first-order valence-electron chi connectivity index (χ1n) is 9.50. The third-order valence-electron chi connectivity index (χ3n) is 5.40. The number of nitrogens with zero attached hydrogens (tertiary/aromatic N) is 3. The van der Waals surface area contributed by atoms with Crippen molar-refractivity contribution in [2.75, 3.05) is 11.5 Å². The van der Waals surface area contributed by atoms with Crippen LogP contribution in [0, 0.1) is 0 Å². The molecule has 9 heteroatoms. The van der Waals surface area contributed by atoms with Gasteiger partial charge in [-0.2, -0.15) is 5.10 Å². The number of hydrogen-bond donors (Lipinski definition) is 2.